The molecule has 0 bridgehead atoms. The SMILES string of the molecule is CC(=O)NCCSSCCNC(=O)CNC(c1ccccc1)(c1ccccc1)c1ccccc1. The van der Waals surface area contributed by atoms with Gasteiger partial charge in [-0.05, 0) is 16.7 Å². The maximum absolute atomic E-state index is 12.8. The van der Waals surface area contributed by atoms with Gasteiger partial charge in [0.2, 0.25) is 11.8 Å². The lowest BCUT2D eigenvalue weighted by molar-refractivity contribution is -0.120. The van der Waals surface area contributed by atoms with Gasteiger partial charge in [-0.3, -0.25) is 14.9 Å². The molecule has 178 valence electrons. The summed E-state index contributed by atoms with van der Waals surface area (Å²) in [6.07, 6.45) is 0. The molecule has 0 atom stereocenters. The quantitative estimate of drug-likeness (QED) is 0.189. The molecule has 0 aliphatic rings. The number of rotatable bonds is 13. The van der Waals surface area contributed by atoms with E-state index in [0.29, 0.717) is 13.1 Å². The Morgan fingerprint density at radius 1 is 0.676 bits per heavy atom. The van der Waals surface area contributed by atoms with E-state index in [0.717, 1.165) is 28.2 Å². The minimum Gasteiger partial charge on any atom is -0.355 e. The Morgan fingerprint density at radius 3 is 1.50 bits per heavy atom. The Hall–Kier alpha value is -2.74. The van der Waals surface area contributed by atoms with Crippen LogP contribution < -0.4 is 16.0 Å². The van der Waals surface area contributed by atoms with E-state index in [4.69, 9.17) is 0 Å². The minimum atomic E-state index is -0.657. The van der Waals surface area contributed by atoms with Crippen molar-refractivity contribution in [3.05, 3.63) is 108 Å². The van der Waals surface area contributed by atoms with Gasteiger partial charge in [-0.15, -0.1) is 0 Å². The summed E-state index contributed by atoms with van der Waals surface area (Å²) in [6, 6.07) is 30.7. The summed E-state index contributed by atoms with van der Waals surface area (Å²) in [7, 11) is 3.38. The number of carbonyl (C=O) groups is 2. The normalized spacial score (nSPS) is 11.1. The van der Waals surface area contributed by atoms with E-state index in [1.54, 1.807) is 21.6 Å². The number of benzene rings is 3. The largest absolute Gasteiger partial charge is 0.355 e. The van der Waals surface area contributed by atoms with Crippen LogP contribution in [0, 0.1) is 0 Å². The van der Waals surface area contributed by atoms with Gasteiger partial charge in [0.15, 0.2) is 0 Å². The van der Waals surface area contributed by atoms with Crippen LogP contribution in [0.3, 0.4) is 0 Å². The second-order valence-corrected chi connectivity index (χ2v) is 10.4. The molecule has 0 aromatic heterocycles. The molecule has 3 N–H and O–H groups in total. The maximum atomic E-state index is 12.8. The summed E-state index contributed by atoms with van der Waals surface area (Å²) in [5, 5.41) is 9.39. The Kier molecular flexibility index (Phi) is 10.5. The monoisotopic (exact) mass is 493 g/mol. The van der Waals surface area contributed by atoms with Crippen molar-refractivity contribution in [3.63, 3.8) is 0 Å². The zero-order valence-corrected chi connectivity index (χ0v) is 21.0. The fourth-order valence-electron chi connectivity index (χ4n) is 3.76. The van der Waals surface area contributed by atoms with Crippen LogP contribution >= 0.6 is 21.6 Å². The molecular formula is C27H31N3O2S2. The summed E-state index contributed by atoms with van der Waals surface area (Å²) < 4.78 is 0. The molecular weight excluding hydrogens is 462 g/mol. The van der Waals surface area contributed by atoms with Crippen molar-refractivity contribution in [2.75, 3.05) is 31.1 Å². The van der Waals surface area contributed by atoms with Crippen LogP contribution in [-0.4, -0.2) is 43.0 Å². The first-order valence-electron chi connectivity index (χ1n) is 11.3. The third-order valence-electron chi connectivity index (χ3n) is 5.28. The summed E-state index contributed by atoms with van der Waals surface area (Å²) >= 11 is 0. The Bertz CT molecular complexity index is 921. The first-order chi connectivity index (χ1) is 16.6. The molecule has 0 heterocycles. The molecule has 34 heavy (non-hydrogen) atoms. The lowest BCUT2D eigenvalue weighted by Gasteiger charge is -2.37. The summed E-state index contributed by atoms with van der Waals surface area (Å²) in [5.74, 6) is 1.59. The zero-order chi connectivity index (χ0) is 24.1. The predicted octanol–water partition coefficient (Wildman–Crippen LogP) is 4.20. The first-order valence-corrected chi connectivity index (χ1v) is 13.8. The highest BCUT2D eigenvalue weighted by Crippen LogP contribution is 2.36. The van der Waals surface area contributed by atoms with Crippen molar-refractivity contribution in [2.24, 2.45) is 0 Å². The van der Waals surface area contributed by atoms with Crippen LogP contribution in [-0.2, 0) is 15.1 Å². The van der Waals surface area contributed by atoms with Gasteiger partial charge in [-0.25, -0.2) is 0 Å². The molecule has 0 saturated carbocycles. The highest BCUT2D eigenvalue weighted by atomic mass is 33.1. The van der Waals surface area contributed by atoms with Gasteiger partial charge in [-0.1, -0.05) is 113 Å². The summed E-state index contributed by atoms with van der Waals surface area (Å²) in [6.45, 7) is 2.94. The van der Waals surface area contributed by atoms with Crippen LogP contribution in [0.5, 0.6) is 0 Å². The molecule has 3 aromatic carbocycles. The molecule has 0 unspecified atom stereocenters. The van der Waals surface area contributed by atoms with E-state index in [1.807, 2.05) is 54.6 Å². The van der Waals surface area contributed by atoms with Crippen molar-refractivity contribution in [3.8, 4) is 0 Å². The third kappa shape index (κ3) is 7.38. The fourth-order valence-corrected chi connectivity index (χ4v) is 5.58. The number of nitrogens with one attached hydrogen (secondary N) is 3. The Morgan fingerprint density at radius 2 is 1.09 bits per heavy atom. The Labute approximate surface area is 209 Å². The topological polar surface area (TPSA) is 70.2 Å². The molecule has 0 radical (unpaired) electrons. The van der Waals surface area contributed by atoms with E-state index in [9.17, 15) is 9.59 Å². The van der Waals surface area contributed by atoms with Gasteiger partial charge in [-0.2, -0.15) is 0 Å². The number of hydrogen-bond donors (Lipinski definition) is 3. The van der Waals surface area contributed by atoms with Crippen LogP contribution in [0.4, 0.5) is 0 Å². The first kappa shape index (κ1) is 25.9. The average Bonchev–Trinajstić information content (AvgIpc) is 2.88. The van der Waals surface area contributed by atoms with Crippen molar-refractivity contribution < 1.29 is 9.59 Å². The van der Waals surface area contributed by atoms with Crippen LogP contribution in [0.25, 0.3) is 0 Å². The highest BCUT2D eigenvalue weighted by molar-refractivity contribution is 8.76. The van der Waals surface area contributed by atoms with Crippen LogP contribution in [0.2, 0.25) is 0 Å². The van der Waals surface area contributed by atoms with Gasteiger partial charge >= 0.3 is 0 Å². The maximum Gasteiger partial charge on any atom is 0.234 e. The predicted molar refractivity (Wildman–Crippen MR) is 144 cm³/mol. The number of carbonyl (C=O) groups excluding carboxylic acids is 2. The summed E-state index contributed by atoms with van der Waals surface area (Å²) in [4.78, 5) is 23.6. The second kappa shape index (κ2) is 13.8. The van der Waals surface area contributed by atoms with Gasteiger partial charge in [0.05, 0.1) is 12.1 Å². The van der Waals surface area contributed by atoms with Gasteiger partial charge in [0.25, 0.3) is 0 Å². The van der Waals surface area contributed by atoms with E-state index in [-0.39, 0.29) is 18.4 Å². The van der Waals surface area contributed by atoms with Gasteiger partial charge in [0.1, 0.15) is 0 Å². The van der Waals surface area contributed by atoms with E-state index < -0.39 is 5.54 Å². The summed E-state index contributed by atoms with van der Waals surface area (Å²) in [5.41, 5.74) is 2.57. The lowest BCUT2D eigenvalue weighted by Crippen LogP contribution is -2.49. The van der Waals surface area contributed by atoms with Crippen molar-refractivity contribution in [1.29, 1.82) is 0 Å². The van der Waals surface area contributed by atoms with Crippen molar-refractivity contribution >= 4 is 33.4 Å². The molecule has 5 nitrogen and oxygen atoms in total. The molecule has 3 aromatic rings. The fraction of sp³-hybridized carbons (Fsp3) is 0.259. The number of amides is 2. The zero-order valence-electron chi connectivity index (χ0n) is 19.3. The average molecular weight is 494 g/mol. The molecule has 0 spiro atoms. The molecule has 0 aliphatic heterocycles. The van der Waals surface area contributed by atoms with Crippen LogP contribution in [0.1, 0.15) is 23.6 Å². The third-order valence-corrected chi connectivity index (χ3v) is 7.69. The molecule has 2 amide bonds. The lowest BCUT2D eigenvalue weighted by atomic mass is 9.77. The minimum absolute atomic E-state index is 0.0112. The number of hydrogen-bond acceptors (Lipinski definition) is 5. The van der Waals surface area contributed by atoms with Crippen molar-refractivity contribution in [1.82, 2.24) is 16.0 Å². The molecule has 7 heteroatoms. The van der Waals surface area contributed by atoms with E-state index >= 15 is 0 Å². The molecule has 0 saturated heterocycles. The molecule has 3 rings (SSSR count). The Balaban J connectivity index is 1.66. The van der Waals surface area contributed by atoms with E-state index in [2.05, 4.69) is 52.3 Å². The molecule has 0 aliphatic carbocycles. The van der Waals surface area contributed by atoms with E-state index in [1.165, 1.54) is 6.92 Å². The van der Waals surface area contributed by atoms with Crippen molar-refractivity contribution in [2.45, 2.75) is 12.5 Å². The smallest absolute Gasteiger partial charge is 0.234 e. The van der Waals surface area contributed by atoms with Gasteiger partial charge < -0.3 is 10.6 Å². The van der Waals surface area contributed by atoms with Crippen LogP contribution in [0.15, 0.2) is 91.0 Å². The highest BCUT2D eigenvalue weighted by Gasteiger charge is 2.36. The molecule has 0 fully saturated rings. The standard InChI is InChI=1S/C27H31N3O2S2/c1-22(31)28-17-19-33-34-20-18-29-26(32)21-30-27(23-11-5-2-6-12-23,24-13-7-3-8-14-24)25-15-9-4-10-16-25/h2-16,30H,17-21H2,1H3,(H,28,31)(H,29,32). The second-order valence-electron chi connectivity index (χ2n) is 7.68. The van der Waals surface area contributed by atoms with Gasteiger partial charge in [0, 0.05) is 31.5 Å².